The number of methoxy groups -OCH3 is 1. The lowest BCUT2D eigenvalue weighted by molar-refractivity contribution is 0.0616. The fourth-order valence-electron chi connectivity index (χ4n) is 4.57. The second kappa shape index (κ2) is 13.4. The van der Waals surface area contributed by atoms with Crippen LogP contribution in [-0.4, -0.2) is 38.8 Å². The SMILES string of the molecule is COCCCO[C@@H](c1ccccc1)c1cccc(C(=O)N[C@H](CN)CC2CCCCC2)c1. The third kappa shape index (κ3) is 7.44. The van der Waals surface area contributed by atoms with Crippen molar-refractivity contribution in [3.63, 3.8) is 0 Å². The van der Waals surface area contributed by atoms with Crippen LogP contribution in [-0.2, 0) is 9.47 Å². The van der Waals surface area contributed by atoms with Gasteiger partial charge in [0.1, 0.15) is 6.10 Å². The van der Waals surface area contributed by atoms with Crippen LogP contribution in [0.5, 0.6) is 0 Å². The molecule has 0 aliphatic heterocycles. The maximum absolute atomic E-state index is 13.0. The van der Waals surface area contributed by atoms with Gasteiger partial charge in [0.15, 0.2) is 0 Å². The van der Waals surface area contributed by atoms with Gasteiger partial charge in [-0.15, -0.1) is 0 Å². The minimum Gasteiger partial charge on any atom is -0.385 e. The van der Waals surface area contributed by atoms with E-state index >= 15 is 0 Å². The quantitative estimate of drug-likeness (QED) is 0.464. The van der Waals surface area contributed by atoms with Crippen molar-refractivity contribution in [2.24, 2.45) is 11.7 Å². The normalized spacial score (nSPS) is 16.4. The number of amides is 1. The zero-order valence-electron chi connectivity index (χ0n) is 19.3. The van der Waals surface area contributed by atoms with Crippen LogP contribution in [0.3, 0.4) is 0 Å². The number of rotatable bonds is 12. The molecule has 1 aliphatic rings. The summed E-state index contributed by atoms with van der Waals surface area (Å²) < 4.78 is 11.4. The third-order valence-electron chi connectivity index (χ3n) is 6.29. The maximum atomic E-state index is 13.0. The van der Waals surface area contributed by atoms with E-state index in [4.69, 9.17) is 15.2 Å². The Balaban J connectivity index is 1.69. The first kappa shape index (κ1) is 24.4. The van der Waals surface area contributed by atoms with Crippen molar-refractivity contribution in [3.05, 3.63) is 71.3 Å². The van der Waals surface area contributed by atoms with E-state index in [-0.39, 0.29) is 18.1 Å². The molecule has 0 saturated heterocycles. The zero-order chi connectivity index (χ0) is 22.6. The molecule has 3 rings (SSSR count). The van der Waals surface area contributed by atoms with Crippen LogP contribution < -0.4 is 11.1 Å². The van der Waals surface area contributed by atoms with Gasteiger partial charge in [0.2, 0.25) is 0 Å². The molecule has 0 unspecified atom stereocenters. The van der Waals surface area contributed by atoms with Gasteiger partial charge in [-0.2, -0.15) is 0 Å². The molecule has 0 spiro atoms. The van der Waals surface area contributed by atoms with E-state index in [2.05, 4.69) is 17.4 Å². The molecule has 1 fully saturated rings. The third-order valence-corrected chi connectivity index (χ3v) is 6.29. The fraction of sp³-hybridized carbons (Fsp3) is 0.519. The molecule has 3 N–H and O–H groups in total. The highest BCUT2D eigenvalue weighted by Gasteiger charge is 2.21. The maximum Gasteiger partial charge on any atom is 0.251 e. The monoisotopic (exact) mass is 438 g/mol. The van der Waals surface area contributed by atoms with Gasteiger partial charge in [0, 0.05) is 31.9 Å². The average Bonchev–Trinajstić information content (AvgIpc) is 2.85. The second-order valence-electron chi connectivity index (χ2n) is 8.78. The Morgan fingerprint density at radius 1 is 1.03 bits per heavy atom. The molecule has 1 amide bonds. The Morgan fingerprint density at radius 2 is 1.78 bits per heavy atom. The molecule has 0 aromatic heterocycles. The van der Waals surface area contributed by atoms with E-state index in [0.29, 0.717) is 31.2 Å². The fourth-order valence-corrected chi connectivity index (χ4v) is 4.57. The summed E-state index contributed by atoms with van der Waals surface area (Å²) in [6.45, 7) is 1.71. The minimum atomic E-state index is -0.228. The van der Waals surface area contributed by atoms with E-state index in [1.54, 1.807) is 7.11 Å². The minimum absolute atomic E-state index is 0.0180. The Hall–Kier alpha value is -2.21. The molecule has 0 heterocycles. The molecular formula is C27H38N2O3. The molecule has 5 nitrogen and oxygen atoms in total. The number of nitrogens with two attached hydrogens (primary N) is 1. The van der Waals surface area contributed by atoms with E-state index in [1.807, 2.05) is 42.5 Å². The Labute approximate surface area is 192 Å². The van der Waals surface area contributed by atoms with Crippen molar-refractivity contribution in [1.82, 2.24) is 5.32 Å². The molecule has 2 aromatic rings. The van der Waals surface area contributed by atoms with Crippen molar-refractivity contribution >= 4 is 5.91 Å². The predicted molar refractivity (Wildman–Crippen MR) is 129 cm³/mol. The summed E-state index contributed by atoms with van der Waals surface area (Å²) in [6, 6.07) is 17.9. The van der Waals surface area contributed by atoms with Crippen LogP contribution >= 0.6 is 0 Å². The van der Waals surface area contributed by atoms with E-state index in [9.17, 15) is 4.79 Å². The van der Waals surface area contributed by atoms with Crippen LogP contribution in [0.1, 0.15) is 72.5 Å². The smallest absolute Gasteiger partial charge is 0.251 e. The number of carbonyl (C=O) groups is 1. The van der Waals surface area contributed by atoms with Crippen molar-refractivity contribution in [3.8, 4) is 0 Å². The number of benzene rings is 2. The van der Waals surface area contributed by atoms with Crippen molar-refractivity contribution < 1.29 is 14.3 Å². The van der Waals surface area contributed by atoms with E-state index in [0.717, 1.165) is 24.0 Å². The summed E-state index contributed by atoms with van der Waals surface area (Å²) in [4.78, 5) is 13.0. The van der Waals surface area contributed by atoms with Gasteiger partial charge in [-0.05, 0) is 42.0 Å². The highest BCUT2D eigenvalue weighted by Crippen LogP contribution is 2.28. The van der Waals surface area contributed by atoms with Crippen molar-refractivity contribution in [2.45, 2.75) is 57.1 Å². The Morgan fingerprint density at radius 3 is 2.50 bits per heavy atom. The summed E-state index contributed by atoms with van der Waals surface area (Å²) in [5.74, 6) is 0.608. The zero-order valence-corrected chi connectivity index (χ0v) is 19.3. The Bertz CT molecular complexity index is 806. The van der Waals surface area contributed by atoms with Gasteiger partial charge in [-0.1, -0.05) is 74.6 Å². The molecule has 174 valence electrons. The first-order chi connectivity index (χ1) is 15.7. The van der Waals surface area contributed by atoms with Gasteiger partial charge in [-0.25, -0.2) is 0 Å². The number of nitrogens with one attached hydrogen (secondary N) is 1. The first-order valence-electron chi connectivity index (χ1n) is 12.0. The molecular weight excluding hydrogens is 400 g/mol. The van der Waals surface area contributed by atoms with Gasteiger partial charge in [0.25, 0.3) is 5.91 Å². The van der Waals surface area contributed by atoms with Crippen LogP contribution in [0.15, 0.2) is 54.6 Å². The summed E-state index contributed by atoms with van der Waals surface area (Å²) in [5.41, 5.74) is 8.69. The molecule has 0 radical (unpaired) electrons. The number of ether oxygens (including phenoxy) is 2. The van der Waals surface area contributed by atoms with Crippen LogP contribution in [0.2, 0.25) is 0 Å². The molecule has 32 heavy (non-hydrogen) atoms. The van der Waals surface area contributed by atoms with Crippen molar-refractivity contribution in [2.75, 3.05) is 26.9 Å². The molecule has 2 aromatic carbocycles. The lowest BCUT2D eigenvalue weighted by atomic mass is 9.85. The van der Waals surface area contributed by atoms with Gasteiger partial charge in [-0.3, -0.25) is 4.79 Å². The largest absolute Gasteiger partial charge is 0.385 e. The average molecular weight is 439 g/mol. The Kier molecular flexibility index (Phi) is 10.2. The van der Waals surface area contributed by atoms with Crippen LogP contribution in [0.4, 0.5) is 0 Å². The molecule has 1 aliphatic carbocycles. The second-order valence-corrected chi connectivity index (χ2v) is 8.78. The number of hydrogen-bond donors (Lipinski definition) is 2. The topological polar surface area (TPSA) is 73.6 Å². The predicted octanol–water partition coefficient (Wildman–Crippen LogP) is 4.86. The summed E-state index contributed by atoms with van der Waals surface area (Å²) >= 11 is 0. The van der Waals surface area contributed by atoms with Crippen molar-refractivity contribution in [1.29, 1.82) is 0 Å². The lowest BCUT2D eigenvalue weighted by Gasteiger charge is -2.26. The lowest BCUT2D eigenvalue weighted by Crippen LogP contribution is -2.41. The van der Waals surface area contributed by atoms with E-state index < -0.39 is 0 Å². The summed E-state index contributed by atoms with van der Waals surface area (Å²) in [5, 5.41) is 3.17. The van der Waals surface area contributed by atoms with E-state index in [1.165, 1.54) is 32.1 Å². The van der Waals surface area contributed by atoms with Crippen LogP contribution in [0, 0.1) is 5.92 Å². The highest BCUT2D eigenvalue weighted by molar-refractivity contribution is 5.94. The van der Waals surface area contributed by atoms with Gasteiger partial charge >= 0.3 is 0 Å². The highest BCUT2D eigenvalue weighted by atomic mass is 16.5. The summed E-state index contributed by atoms with van der Waals surface area (Å²) in [7, 11) is 1.69. The number of carbonyl (C=O) groups excluding carboxylic acids is 1. The van der Waals surface area contributed by atoms with Gasteiger partial charge < -0.3 is 20.5 Å². The summed E-state index contributed by atoms with van der Waals surface area (Å²) in [6.07, 6.45) is 7.98. The van der Waals surface area contributed by atoms with Crippen LogP contribution in [0.25, 0.3) is 0 Å². The molecule has 2 atom stereocenters. The standard InChI is InChI=1S/C27H38N2O3/c1-31-16-9-17-32-26(22-12-6-3-7-13-22)23-14-8-15-24(19-23)27(30)29-25(20-28)18-21-10-4-2-5-11-21/h3,6-8,12-15,19,21,25-26H,2,4-5,9-11,16-18,20,28H2,1H3,(H,29,30)/t25-,26-/m0/s1. The molecule has 0 bridgehead atoms. The first-order valence-corrected chi connectivity index (χ1v) is 12.0. The molecule has 1 saturated carbocycles. The van der Waals surface area contributed by atoms with Gasteiger partial charge in [0.05, 0.1) is 6.61 Å². The number of hydrogen-bond acceptors (Lipinski definition) is 4. The molecule has 5 heteroatoms.